The van der Waals surface area contributed by atoms with E-state index in [0.29, 0.717) is 4.90 Å². The minimum absolute atomic E-state index is 0.329. The molecule has 1 aromatic heterocycles. The summed E-state index contributed by atoms with van der Waals surface area (Å²) in [7, 11) is -3.15. The number of hydrogen-bond acceptors (Lipinski definition) is 3. The molecule has 0 saturated carbocycles. The summed E-state index contributed by atoms with van der Waals surface area (Å²) in [5, 5.41) is 0. The van der Waals surface area contributed by atoms with Crippen molar-refractivity contribution in [3.8, 4) is 0 Å². The first kappa shape index (κ1) is 12.1. The van der Waals surface area contributed by atoms with E-state index in [4.69, 9.17) is 0 Å². The highest BCUT2D eigenvalue weighted by atomic mass is 32.2. The number of aryl methyl sites for hydroxylation is 1. The average molecular weight is 252 g/mol. The Balaban J connectivity index is 2.41. The van der Waals surface area contributed by atoms with Crippen molar-refractivity contribution in [3.63, 3.8) is 0 Å². The number of imidazole rings is 1. The lowest BCUT2D eigenvalue weighted by molar-refractivity contribution is 0.602. The third-order valence-corrected chi connectivity index (χ3v) is 3.81. The Bertz CT molecular complexity index is 629. The number of nitrogens with one attached hydrogen (secondary N) is 1. The van der Waals surface area contributed by atoms with Gasteiger partial charge in [-0.3, -0.25) is 0 Å². The first-order valence-corrected chi connectivity index (χ1v) is 7.58. The molecule has 0 saturated heterocycles. The third kappa shape index (κ3) is 2.66. The molecule has 4 nitrogen and oxygen atoms in total. The van der Waals surface area contributed by atoms with Crippen LogP contribution >= 0.6 is 0 Å². The Labute approximate surface area is 101 Å². The number of sulfone groups is 1. The maximum Gasteiger partial charge on any atom is 0.175 e. The fourth-order valence-electron chi connectivity index (χ4n) is 1.73. The van der Waals surface area contributed by atoms with Crippen molar-refractivity contribution >= 4 is 20.9 Å². The number of rotatable bonds is 4. The number of fused-ring (bicyclic) bond motifs is 1. The number of nitrogens with zero attached hydrogens (tertiary/aromatic N) is 1. The lowest BCUT2D eigenvalue weighted by atomic mass is 10.2. The van der Waals surface area contributed by atoms with E-state index in [0.717, 1.165) is 36.1 Å². The van der Waals surface area contributed by atoms with Gasteiger partial charge in [0.05, 0.1) is 15.9 Å². The molecule has 0 unspecified atom stereocenters. The van der Waals surface area contributed by atoms with Gasteiger partial charge in [-0.15, -0.1) is 0 Å². The van der Waals surface area contributed by atoms with Crippen molar-refractivity contribution < 1.29 is 8.42 Å². The molecule has 2 aromatic rings. The fourth-order valence-corrected chi connectivity index (χ4v) is 2.38. The summed E-state index contributed by atoms with van der Waals surface area (Å²) in [6.07, 6.45) is 4.31. The van der Waals surface area contributed by atoms with Crippen molar-refractivity contribution in [1.82, 2.24) is 9.97 Å². The van der Waals surface area contributed by atoms with Gasteiger partial charge in [-0.05, 0) is 24.6 Å². The molecule has 0 radical (unpaired) electrons. The normalized spacial score (nSPS) is 12.1. The van der Waals surface area contributed by atoms with Crippen LogP contribution in [0.5, 0.6) is 0 Å². The molecule has 0 bridgehead atoms. The van der Waals surface area contributed by atoms with E-state index in [-0.39, 0.29) is 0 Å². The Hall–Kier alpha value is -1.36. The summed E-state index contributed by atoms with van der Waals surface area (Å²) in [5.74, 6) is 0.924. The zero-order chi connectivity index (χ0) is 12.5. The van der Waals surface area contributed by atoms with Crippen molar-refractivity contribution in [3.05, 3.63) is 24.0 Å². The lowest BCUT2D eigenvalue weighted by Crippen LogP contribution is -1.96. The second kappa shape index (κ2) is 4.49. The molecule has 1 heterocycles. The number of H-pyrrole nitrogens is 1. The standard InChI is InChI=1S/C12H16N2O2S/c1-3-4-5-12-13-10-7-6-9(17(2,15)16)8-11(10)14-12/h6-8H,3-5H2,1-2H3,(H,13,14). The van der Waals surface area contributed by atoms with Gasteiger partial charge < -0.3 is 4.98 Å². The van der Waals surface area contributed by atoms with Crippen LogP contribution in [0.3, 0.4) is 0 Å². The van der Waals surface area contributed by atoms with Crippen LogP contribution in [-0.2, 0) is 16.3 Å². The lowest BCUT2D eigenvalue weighted by Gasteiger charge is -1.96. The van der Waals surface area contributed by atoms with Crippen LogP contribution in [0.1, 0.15) is 25.6 Å². The summed E-state index contributed by atoms with van der Waals surface area (Å²) in [4.78, 5) is 7.92. The Morgan fingerprint density at radius 3 is 2.76 bits per heavy atom. The second-order valence-corrected chi connectivity index (χ2v) is 6.25. The quantitative estimate of drug-likeness (QED) is 0.908. The Kier molecular flexibility index (Phi) is 3.19. The second-order valence-electron chi connectivity index (χ2n) is 4.24. The van der Waals surface area contributed by atoms with Crippen LogP contribution in [0.2, 0.25) is 0 Å². The van der Waals surface area contributed by atoms with Crippen LogP contribution in [-0.4, -0.2) is 24.6 Å². The highest BCUT2D eigenvalue weighted by Gasteiger charge is 2.09. The molecular formula is C12H16N2O2S. The topological polar surface area (TPSA) is 62.8 Å². The van der Waals surface area contributed by atoms with E-state index in [1.807, 2.05) is 0 Å². The van der Waals surface area contributed by atoms with Crippen molar-refractivity contribution in [1.29, 1.82) is 0 Å². The van der Waals surface area contributed by atoms with Gasteiger partial charge in [-0.25, -0.2) is 13.4 Å². The monoisotopic (exact) mass is 252 g/mol. The zero-order valence-corrected chi connectivity index (χ0v) is 10.8. The van der Waals surface area contributed by atoms with Crippen LogP contribution in [0.15, 0.2) is 23.1 Å². The van der Waals surface area contributed by atoms with E-state index in [2.05, 4.69) is 16.9 Å². The SMILES string of the molecule is CCCCc1nc2ccc(S(C)(=O)=O)cc2[nH]1. The number of hydrogen-bond donors (Lipinski definition) is 1. The average Bonchev–Trinajstić information content (AvgIpc) is 2.66. The number of benzene rings is 1. The van der Waals surface area contributed by atoms with E-state index in [1.54, 1.807) is 18.2 Å². The first-order valence-electron chi connectivity index (χ1n) is 5.69. The predicted octanol–water partition coefficient (Wildman–Crippen LogP) is 2.31. The maximum atomic E-state index is 11.4. The molecule has 17 heavy (non-hydrogen) atoms. The molecular weight excluding hydrogens is 236 g/mol. The predicted molar refractivity (Wildman–Crippen MR) is 67.8 cm³/mol. The molecule has 0 aliphatic heterocycles. The van der Waals surface area contributed by atoms with Gasteiger partial charge in [-0.2, -0.15) is 0 Å². The van der Waals surface area contributed by atoms with Gasteiger partial charge in [0, 0.05) is 12.7 Å². The molecule has 1 N–H and O–H groups in total. The van der Waals surface area contributed by atoms with Crippen molar-refractivity contribution in [2.45, 2.75) is 31.1 Å². The zero-order valence-electron chi connectivity index (χ0n) is 10.0. The first-order chi connectivity index (χ1) is 8.00. The third-order valence-electron chi connectivity index (χ3n) is 2.70. The van der Waals surface area contributed by atoms with Gasteiger partial charge in [0.25, 0.3) is 0 Å². The van der Waals surface area contributed by atoms with E-state index in [9.17, 15) is 8.42 Å². The Morgan fingerprint density at radius 1 is 1.35 bits per heavy atom. The molecule has 92 valence electrons. The molecule has 2 rings (SSSR count). The molecule has 0 atom stereocenters. The van der Waals surface area contributed by atoms with Crippen LogP contribution in [0, 0.1) is 0 Å². The molecule has 0 aliphatic rings. The van der Waals surface area contributed by atoms with Gasteiger partial charge in [-0.1, -0.05) is 13.3 Å². The highest BCUT2D eigenvalue weighted by Crippen LogP contribution is 2.17. The van der Waals surface area contributed by atoms with Gasteiger partial charge in [0.2, 0.25) is 0 Å². The van der Waals surface area contributed by atoms with Crippen LogP contribution < -0.4 is 0 Å². The summed E-state index contributed by atoms with van der Waals surface area (Å²) < 4.78 is 22.8. The molecule has 0 amide bonds. The molecule has 0 spiro atoms. The minimum atomic E-state index is -3.15. The maximum absolute atomic E-state index is 11.4. The highest BCUT2D eigenvalue weighted by molar-refractivity contribution is 7.90. The smallest absolute Gasteiger partial charge is 0.175 e. The number of aromatic nitrogens is 2. The summed E-state index contributed by atoms with van der Waals surface area (Å²) in [5.41, 5.74) is 1.61. The van der Waals surface area contributed by atoms with E-state index >= 15 is 0 Å². The summed E-state index contributed by atoms with van der Waals surface area (Å²) in [6.45, 7) is 2.13. The molecule has 5 heteroatoms. The number of aromatic amines is 1. The molecule has 0 aliphatic carbocycles. The van der Waals surface area contributed by atoms with Crippen LogP contribution in [0.25, 0.3) is 11.0 Å². The van der Waals surface area contributed by atoms with Crippen molar-refractivity contribution in [2.75, 3.05) is 6.26 Å². The van der Waals surface area contributed by atoms with Crippen LogP contribution in [0.4, 0.5) is 0 Å². The van der Waals surface area contributed by atoms with E-state index in [1.165, 1.54) is 6.26 Å². The molecule has 1 aromatic carbocycles. The number of unbranched alkanes of at least 4 members (excludes halogenated alkanes) is 1. The minimum Gasteiger partial charge on any atom is -0.342 e. The summed E-state index contributed by atoms with van der Waals surface area (Å²) >= 11 is 0. The van der Waals surface area contributed by atoms with E-state index < -0.39 is 9.84 Å². The fraction of sp³-hybridized carbons (Fsp3) is 0.417. The summed E-state index contributed by atoms with van der Waals surface area (Å²) in [6, 6.07) is 4.99. The molecule has 0 fully saturated rings. The Morgan fingerprint density at radius 2 is 2.12 bits per heavy atom. The van der Waals surface area contributed by atoms with Gasteiger partial charge in [0.1, 0.15) is 5.82 Å². The largest absolute Gasteiger partial charge is 0.342 e. The van der Waals surface area contributed by atoms with Crippen molar-refractivity contribution in [2.24, 2.45) is 0 Å². The van der Waals surface area contributed by atoms with Gasteiger partial charge >= 0.3 is 0 Å². The van der Waals surface area contributed by atoms with Gasteiger partial charge in [0.15, 0.2) is 9.84 Å².